The summed E-state index contributed by atoms with van der Waals surface area (Å²) in [6, 6.07) is -0.364. The smallest absolute Gasteiger partial charge is 0.236 e. The number of nitrogens with two attached hydrogens (primary N) is 1. The van der Waals surface area contributed by atoms with E-state index in [0.717, 1.165) is 19.4 Å². The summed E-state index contributed by atoms with van der Waals surface area (Å²) >= 11 is 0. The molecule has 0 spiro atoms. The summed E-state index contributed by atoms with van der Waals surface area (Å²) in [7, 11) is 0. The molecule has 1 unspecified atom stereocenters. The van der Waals surface area contributed by atoms with Gasteiger partial charge in [0.15, 0.2) is 0 Å². The molecule has 1 heterocycles. The minimum Gasteiger partial charge on any atom is -0.378 e. The normalized spacial score (nSPS) is 23.5. The molecular formula is C11H22N2O2. The molecule has 0 radical (unpaired) electrons. The zero-order chi connectivity index (χ0) is 11.1. The molecule has 0 aromatic rings. The quantitative estimate of drug-likeness (QED) is 0.711. The largest absolute Gasteiger partial charge is 0.378 e. The Morgan fingerprint density at radius 1 is 1.60 bits per heavy atom. The molecule has 0 bridgehead atoms. The number of amides is 1. The fourth-order valence-electron chi connectivity index (χ4n) is 1.71. The van der Waals surface area contributed by atoms with E-state index in [9.17, 15) is 4.79 Å². The molecule has 3 N–H and O–H groups in total. The van der Waals surface area contributed by atoms with Crippen molar-refractivity contribution in [2.45, 2.75) is 51.2 Å². The summed E-state index contributed by atoms with van der Waals surface area (Å²) < 4.78 is 5.56. The lowest BCUT2D eigenvalue weighted by Crippen LogP contribution is -2.41. The first-order valence-electron chi connectivity index (χ1n) is 5.89. The lowest BCUT2D eigenvalue weighted by molar-refractivity contribution is -0.122. The zero-order valence-electron chi connectivity index (χ0n) is 9.50. The highest BCUT2D eigenvalue weighted by Crippen LogP contribution is 2.14. The Morgan fingerprint density at radius 3 is 3.00 bits per heavy atom. The number of rotatable bonds is 5. The maximum atomic E-state index is 11.3. The number of ether oxygens (including phenoxy) is 1. The predicted molar refractivity (Wildman–Crippen MR) is 59.5 cm³/mol. The summed E-state index contributed by atoms with van der Waals surface area (Å²) in [4.78, 5) is 11.3. The Balaban J connectivity index is 2.07. The van der Waals surface area contributed by atoms with Crippen LogP contribution >= 0.6 is 0 Å². The van der Waals surface area contributed by atoms with Crippen LogP contribution in [-0.2, 0) is 9.53 Å². The summed E-state index contributed by atoms with van der Waals surface area (Å²) in [6.45, 7) is 3.46. The van der Waals surface area contributed by atoms with E-state index in [1.807, 2.05) is 6.92 Å². The first-order valence-corrected chi connectivity index (χ1v) is 5.89. The fourth-order valence-corrected chi connectivity index (χ4v) is 1.71. The third-order valence-electron chi connectivity index (χ3n) is 2.82. The van der Waals surface area contributed by atoms with Gasteiger partial charge in [0, 0.05) is 13.2 Å². The van der Waals surface area contributed by atoms with Crippen molar-refractivity contribution in [3.05, 3.63) is 0 Å². The van der Waals surface area contributed by atoms with E-state index in [1.165, 1.54) is 12.8 Å². The van der Waals surface area contributed by atoms with Gasteiger partial charge >= 0.3 is 0 Å². The second kappa shape index (κ2) is 6.80. The highest BCUT2D eigenvalue weighted by molar-refractivity contribution is 5.81. The van der Waals surface area contributed by atoms with Gasteiger partial charge in [-0.05, 0) is 32.1 Å². The number of hydrogen-bond donors (Lipinski definition) is 2. The molecule has 1 amide bonds. The highest BCUT2D eigenvalue weighted by Gasteiger charge is 2.15. The molecule has 4 nitrogen and oxygen atoms in total. The van der Waals surface area contributed by atoms with Gasteiger partial charge in [0.1, 0.15) is 0 Å². The van der Waals surface area contributed by atoms with Crippen LogP contribution in [0.25, 0.3) is 0 Å². The molecule has 88 valence electrons. The zero-order valence-corrected chi connectivity index (χ0v) is 9.50. The Kier molecular flexibility index (Phi) is 5.65. The van der Waals surface area contributed by atoms with Crippen LogP contribution in [0.2, 0.25) is 0 Å². The molecule has 2 atom stereocenters. The third-order valence-corrected chi connectivity index (χ3v) is 2.82. The van der Waals surface area contributed by atoms with Crippen molar-refractivity contribution in [2.24, 2.45) is 5.73 Å². The van der Waals surface area contributed by atoms with Crippen LogP contribution in [0.3, 0.4) is 0 Å². The van der Waals surface area contributed by atoms with Crippen molar-refractivity contribution in [2.75, 3.05) is 13.2 Å². The van der Waals surface area contributed by atoms with E-state index in [2.05, 4.69) is 5.32 Å². The summed E-state index contributed by atoms with van der Waals surface area (Å²) in [5.41, 5.74) is 5.59. The molecule has 1 aliphatic rings. The topological polar surface area (TPSA) is 64.4 Å². The summed E-state index contributed by atoms with van der Waals surface area (Å²) in [5, 5.41) is 2.84. The summed E-state index contributed by atoms with van der Waals surface area (Å²) in [6.07, 6.45) is 5.46. The molecule has 4 heteroatoms. The van der Waals surface area contributed by atoms with E-state index in [4.69, 9.17) is 10.5 Å². The first-order chi connectivity index (χ1) is 7.24. The lowest BCUT2D eigenvalue weighted by Gasteiger charge is -2.22. The Labute approximate surface area is 91.5 Å². The predicted octanol–water partition coefficient (Wildman–Crippen LogP) is 0.799. The Hall–Kier alpha value is -0.610. The number of carbonyl (C=O) groups is 1. The molecule has 0 aromatic heterocycles. The molecule has 0 saturated carbocycles. The van der Waals surface area contributed by atoms with E-state index in [1.54, 1.807) is 0 Å². The molecule has 15 heavy (non-hydrogen) atoms. The van der Waals surface area contributed by atoms with Gasteiger partial charge in [-0.15, -0.1) is 0 Å². The minimum absolute atomic E-state index is 0.0479. The van der Waals surface area contributed by atoms with Gasteiger partial charge in [-0.2, -0.15) is 0 Å². The Bertz CT molecular complexity index is 191. The maximum absolute atomic E-state index is 11.3. The average Bonchev–Trinajstić information content (AvgIpc) is 2.29. The molecular weight excluding hydrogens is 192 g/mol. The second-order valence-electron chi connectivity index (χ2n) is 4.08. The van der Waals surface area contributed by atoms with Gasteiger partial charge < -0.3 is 15.8 Å². The summed E-state index contributed by atoms with van der Waals surface area (Å²) in [5.74, 6) is -0.0479. The number of carbonyl (C=O) groups excluding carboxylic acids is 1. The van der Waals surface area contributed by atoms with Gasteiger partial charge in [-0.3, -0.25) is 4.79 Å². The Morgan fingerprint density at radius 2 is 2.40 bits per heavy atom. The van der Waals surface area contributed by atoms with Crippen LogP contribution in [0.15, 0.2) is 0 Å². The van der Waals surface area contributed by atoms with Crippen LogP contribution < -0.4 is 11.1 Å². The van der Waals surface area contributed by atoms with Crippen LogP contribution in [0.5, 0.6) is 0 Å². The van der Waals surface area contributed by atoms with Crippen molar-refractivity contribution >= 4 is 5.91 Å². The minimum atomic E-state index is -0.364. The van der Waals surface area contributed by atoms with Crippen molar-refractivity contribution in [1.82, 2.24) is 5.32 Å². The molecule has 1 rings (SSSR count). The van der Waals surface area contributed by atoms with Gasteiger partial charge in [-0.25, -0.2) is 0 Å². The third kappa shape index (κ3) is 4.62. The SMILES string of the molecule is CC[C@H](N)C(=O)NCCC1CCCCO1. The van der Waals surface area contributed by atoms with Gasteiger partial charge in [-0.1, -0.05) is 6.92 Å². The molecule has 1 saturated heterocycles. The van der Waals surface area contributed by atoms with Gasteiger partial charge in [0.2, 0.25) is 5.91 Å². The van der Waals surface area contributed by atoms with Crippen LogP contribution in [-0.4, -0.2) is 31.2 Å². The van der Waals surface area contributed by atoms with Gasteiger partial charge in [0.05, 0.1) is 12.1 Å². The molecule has 1 fully saturated rings. The molecule has 0 aromatic carbocycles. The van der Waals surface area contributed by atoms with Crippen molar-refractivity contribution in [3.8, 4) is 0 Å². The van der Waals surface area contributed by atoms with Crippen LogP contribution in [0, 0.1) is 0 Å². The van der Waals surface area contributed by atoms with E-state index in [-0.39, 0.29) is 11.9 Å². The molecule has 0 aliphatic carbocycles. The number of hydrogen-bond acceptors (Lipinski definition) is 3. The van der Waals surface area contributed by atoms with Crippen LogP contribution in [0.4, 0.5) is 0 Å². The van der Waals surface area contributed by atoms with E-state index < -0.39 is 0 Å². The standard InChI is InChI=1S/C11H22N2O2/c1-2-10(12)11(14)13-7-6-9-5-3-4-8-15-9/h9-10H,2-8,12H2,1H3,(H,13,14)/t9?,10-/m0/s1. The second-order valence-corrected chi connectivity index (χ2v) is 4.08. The maximum Gasteiger partial charge on any atom is 0.236 e. The number of nitrogens with one attached hydrogen (secondary N) is 1. The average molecular weight is 214 g/mol. The van der Waals surface area contributed by atoms with Crippen molar-refractivity contribution in [3.63, 3.8) is 0 Å². The van der Waals surface area contributed by atoms with E-state index in [0.29, 0.717) is 19.1 Å². The van der Waals surface area contributed by atoms with Crippen LogP contribution in [0.1, 0.15) is 39.0 Å². The van der Waals surface area contributed by atoms with E-state index >= 15 is 0 Å². The highest BCUT2D eigenvalue weighted by atomic mass is 16.5. The fraction of sp³-hybridized carbons (Fsp3) is 0.909. The van der Waals surface area contributed by atoms with Crippen molar-refractivity contribution in [1.29, 1.82) is 0 Å². The lowest BCUT2D eigenvalue weighted by atomic mass is 10.1. The molecule has 1 aliphatic heterocycles. The first kappa shape index (κ1) is 12.5. The van der Waals surface area contributed by atoms with Gasteiger partial charge in [0.25, 0.3) is 0 Å². The van der Waals surface area contributed by atoms with Crippen molar-refractivity contribution < 1.29 is 9.53 Å². The monoisotopic (exact) mass is 214 g/mol.